The van der Waals surface area contributed by atoms with Crippen LogP contribution >= 0.6 is 15.9 Å². The van der Waals surface area contributed by atoms with Crippen LogP contribution in [0.3, 0.4) is 0 Å². The Kier molecular flexibility index (Phi) is 7.95. The van der Waals surface area contributed by atoms with E-state index in [0.29, 0.717) is 13.0 Å². The van der Waals surface area contributed by atoms with Gasteiger partial charge in [-0.15, -0.1) is 0 Å². The van der Waals surface area contributed by atoms with E-state index in [4.69, 9.17) is 5.11 Å². The number of hydrogen-bond acceptors (Lipinski definition) is 2. The lowest BCUT2D eigenvalue weighted by molar-refractivity contribution is -0.121. The summed E-state index contributed by atoms with van der Waals surface area (Å²) in [7, 11) is 0. The molecule has 3 nitrogen and oxygen atoms in total. The lowest BCUT2D eigenvalue weighted by Crippen LogP contribution is -2.25. The maximum atomic E-state index is 10.8. The Bertz CT molecular complexity index is 109. The minimum atomic E-state index is 0.0180. The number of carbonyl (C=O) groups excluding carboxylic acids is 1. The van der Waals surface area contributed by atoms with Crippen molar-refractivity contribution in [2.24, 2.45) is 0 Å². The molecule has 0 aliphatic carbocycles. The molecule has 0 aromatic heterocycles. The first-order valence-corrected chi connectivity index (χ1v) is 4.87. The lowest BCUT2D eigenvalue weighted by atomic mass is 10.2. The van der Waals surface area contributed by atoms with Gasteiger partial charge in [-0.2, -0.15) is 0 Å². The molecule has 2 N–H and O–H groups in total. The molecule has 66 valence electrons. The first-order valence-electron chi connectivity index (χ1n) is 3.74. The summed E-state index contributed by atoms with van der Waals surface area (Å²) < 4.78 is 0. The van der Waals surface area contributed by atoms with Crippen molar-refractivity contribution in [1.29, 1.82) is 0 Å². The quantitative estimate of drug-likeness (QED) is 0.514. The number of carbonyl (C=O) groups is 1. The molecular formula is C7H14BrNO2. The average molecular weight is 224 g/mol. The predicted molar refractivity (Wildman–Crippen MR) is 47.7 cm³/mol. The van der Waals surface area contributed by atoms with E-state index in [2.05, 4.69) is 21.2 Å². The molecule has 0 heterocycles. The number of halogens is 1. The highest BCUT2D eigenvalue weighted by molar-refractivity contribution is 9.09. The number of hydrogen-bond donors (Lipinski definition) is 2. The zero-order chi connectivity index (χ0) is 8.53. The van der Waals surface area contributed by atoms with Crippen LogP contribution < -0.4 is 5.32 Å². The average Bonchev–Trinajstić information content (AvgIpc) is 2.01. The van der Waals surface area contributed by atoms with Crippen molar-refractivity contribution in [1.82, 2.24) is 5.32 Å². The Balaban J connectivity index is 3.09. The third-order valence-electron chi connectivity index (χ3n) is 1.22. The molecule has 0 aliphatic rings. The zero-order valence-electron chi connectivity index (χ0n) is 6.48. The van der Waals surface area contributed by atoms with Gasteiger partial charge in [0, 0.05) is 18.3 Å². The van der Waals surface area contributed by atoms with Crippen molar-refractivity contribution in [2.75, 3.05) is 18.5 Å². The largest absolute Gasteiger partial charge is 0.395 e. The van der Waals surface area contributed by atoms with Crippen molar-refractivity contribution in [3.63, 3.8) is 0 Å². The van der Waals surface area contributed by atoms with Crippen LogP contribution in [0, 0.1) is 0 Å². The molecule has 0 aliphatic heterocycles. The van der Waals surface area contributed by atoms with Crippen molar-refractivity contribution in [2.45, 2.75) is 19.3 Å². The number of amides is 1. The van der Waals surface area contributed by atoms with E-state index in [1.54, 1.807) is 0 Å². The molecule has 0 aromatic rings. The van der Waals surface area contributed by atoms with Crippen LogP contribution in [-0.4, -0.2) is 29.5 Å². The number of nitrogens with one attached hydrogen (secondary N) is 1. The van der Waals surface area contributed by atoms with E-state index in [1.165, 1.54) is 0 Å². The van der Waals surface area contributed by atoms with Gasteiger partial charge in [-0.3, -0.25) is 4.79 Å². The van der Waals surface area contributed by atoms with Crippen LogP contribution in [0.1, 0.15) is 19.3 Å². The summed E-state index contributed by atoms with van der Waals surface area (Å²) in [4.78, 5) is 10.8. The van der Waals surface area contributed by atoms with Crippen molar-refractivity contribution in [3.05, 3.63) is 0 Å². The van der Waals surface area contributed by atoms with E-state index in [1.807, 2.05) is 0 Å². The third-order valence-corrected chi connectivity index (χ3v) is 1.78. The van der Waals surface area contributed by atoms with Gasteiger partial charge in [-0.1, -0.05) is 15.9 Å². The van der Waals surface area contributed by atoms with Gasteiger partial charge in [0.15, 0.2) is 0 Å². The third kappa shape index (κ3) is 7.81. The Labute approximate surface area is 75.3 Å². The van der Waals surface area contributed by atoms with Crippen LogP contribution in [0.25, 0.3) is 0 Å². The summed E-state index contributed by atoms with van der Waals surface area (Å²) >= 11 is 3.28. The fraction of sp³-hybridized carbons (Fsp3) is 0.857. The van der Waals surface area contributed by atoms with E-state index in [0.717, 1.165) is 18.2 Å². The molecule has 4 heteroatoms. The Morgan fingerprint density at radius 3 is 2.73 bits per heavy atom. The highest BCUT2D eigenvalue weighted by Crippen LogP contribution is 1.97. The van der Waals surface area contributed by atoms with E-state index < -0.39 is 0 Å². The van der Waals surface area contributed by atoms with Gasteiger partial charge in [0.1, 0.15) is 0 Å². The van der Waals surface area contributed by atoms with Crippen molar-refractivity contribution in [3.8, 4) is 0 Å². The van der Waals surface area contributed by atoms with Gasteiger partial charge < -0.3 is 10.4 Å². The lowest BCUT2D eigenvalue weighted by Gasteiger charge is -2.00. The smallest absolute Gasteiger partial charge is 0.220 e. The summed E-state index contributed by atoms with van der Waals surface area (Å²) in [5, 5.41) is 11.9. The molecule has 0 rings (SSSR count). The van der Waals surface area contributed by atoms with Crippen LogP contribution in [0.4, 0.5) is 0 Å². The summed E-state index contributed by atoms with van der Waals surface area (Å²) in [6.45, 7) is 0.386. The SMILES string of the molecule is O=C(CCCCBr)NCCO. The van der Waals surface area contributed by atoms with Crippen LogP contribution in [0.2, 0.25) is 0 Å². The van der Waals surface area contributed by atoms with Crippen LogP contribution in [0.15, 0.2) is 0 Å². The van der Waals surface area contributed by atoms with Gasteiger partial charge in [0.25, 0.3) is 0 Å². The highest BCUT2D eigenvalue weighted by atomic mass is 79.9. The number of unbranched alkanes of at least 4 members (excludes halogenated alkanes) is 1. The van der Waals surface area contributed by atoms with Gasteiger partial charge in [0.2, 0.25) is 5.91 Å². The van der Waals surface area contributed by atoms with E-state index in [-0.39, 0.29) is 12.5 Å². The molecule has 0 aromatic carbocycles. The summed E-state index contributed by atoms with van der Waals surface area (Å²) in [5.41, 5.74) is 0. The Morgan fingerprint density at radius 2 is 2.18 bits per heavy atom. The second kappa shape index (κ2) is 8.01. The fourth-order valence-corrected chi connectivity index (χ4v) is 1.06. The molecule has 0 bridgehead atoms. The molecule has 0 saturated carbocycles. The van der Waals surface area contributed by atoms with Crippen LogP contribution in [0.5, 0.6) is 0 Å². The molecule has 0 radical (unpaired) electrons. The topological polar surface area (TPSA) is 49.3 Å². The van der Waals surface area contributed by atoms with Gasteiger partial charge in [0.05, 0.1) is 6.61 Å². The monoisotopic (exact) mass is 223 g/mol. The molecule has 0 fully saturated rings. The predicted octanol–water partition coefficient (Wildman–Crippen LogP) is 0.660. The number of alkyl halides is 1. The molecule has 0 atom stereocenters. The molecule has 0 spiro atoms. The van der Waals surface area contributed by atoms with Crippen molar-refractivity contribution >= 4 is 21.8 Å². The maximum Gasteiger partial charge on any atom is 0.220 e. The highest BCUT2D eigenvalue weighted by Gasteiger charge is 1.97. The normalized spacial score (nSPS) is 9.64. The van der Waals surface area contributed by atoms with E-state index >= 15 is 0 Å². The standard InChI is InChI=1S/C7H14BrNO2/c8-4-2-1-3-7(11)9-5-6-10/h10H,1-6H2,(H,9,11). The first-order chi connectivity index (χ1) is 5.31. The second-order valence-electron chi connectivity index (χ2n) is 2.22. The van der Waals surface area contributed by atoms with Crippen LogP contribution in [-0.2, 0) is 4.79 Å². The summed E-state index contributed by atoms with van der Waals surface area (Å²) in [5.74, 6) is 0.0278. The zero-order valence-corrected chi connectivity index (χ0v) is 8.06. The number of aliphatic hydroxyl groups is 1. The van der Waals surface area contributed by atoms with Gasteiger partial charge >= 0.3 is 0 Å². The number of rotatable bonds is 6. The van der Waals surface area contributed by atoms with Gasteiger partial charge in [-0.05, 0) is 12.8 Å². The molecule has 1 amide bonds. The summed E-state index contributed by atoms with van der Waals surface area (Å²) in [6.07, 6.45) is 2.49. The molecule has 0 unspecified atom stereocenters. The van der Waals surface area contributed by atoms with Gasteiger partial charge in [-0.25, -0.2) is 0 Å². The molecular weight excluding hydrogens is 210 g/mol. The van der Waals surface area contributed by atoms with Crippen molar-refractivity contribution < 1.29 is 9.90 Å². The van der Waals surface area contributed by atoms with E-state index in [9.17, 15) is 4.79 Å². The minimum Gasteiger partial charge on any atom is -0.395 e. The first kappa shape index (κ1) is 10.9. The molecule has 11 heavy (non-hydrogen) atoms. The Hall–Kier alpha value is -0.0900. The fourth-order valence-electron chi connectivity index (χ4n) is 0.664. The summed E-state index contributed by atoms with van der Waals surface area (Å²) in [6, 6.07) is 0. The molecule has 0 saturated heterocycles. The second-order valence-corrected chi connectivity index (χ2v) is 3.01. The minimum absolute atomic E-state index is 0.0180. The maximum absolute atomic E-state index is 10.8. The number of aliphatic hydroxyl groups excluding tert-OH is 1. The Morgan fingerprint density at radius 1 is 1.45 bits per heavy atom.